The second-order valence-electron chi connectivity index (χ2n) is 4.81. The minimum atomic E-state index is -0.473. The lowest BCUT2D eigenvalue weighted by Gasteiger charge is -2.08. The molecule has 22 heavy (non-hydrogen) atoms. The summed E-state index contributed by atoms with van der Waals surface area (Å²) in [5, 5.41) is 2.81. The van der Waals surface area contributed by atoms with E-state index < -0.39 is 5.91 Å². The molecular formula is C17H18N2O3. The predicted molar refractivity (Wildman–Crippen MR) is 85.0 cm³/mol. The first kappa shape index (κ1) is 15.6. The summed E-state index contributed by atoms with van der Waals surface area (Å²) in [5.74, 6) is 0.769. The van der Waals surface area contributed by atoms with Crippen LogP contribution in [0.25, 0.3) is 0 Å². The Kier molecular flexibility index (Phi) is 5.14. The summed E-state index contributed by atoms with van der Waals surface area (Å²) < 4.78 is 5.66. The van der Waals surface area contributed by atoms with Crippen LogP contribution in [0.1, 0.15) is 30.1 Å². The Morgan fingerprint density at radius 3 is 2.05 bits per heavy atom. The van der Waals surface area contributed by atoms with Crippen molar-refractivity contribution in [2.45, 2.75) is 19.8 Å². The Hall–Kier alpha value is -2.82. The SMILES string of the molecule is CCCC(=O)Nc1ccc(Oc2ccc(C(N)=O)cc2)cc1. The third kappa shape index (κ3) is 4.34. The van der Waals surface area contributed by atoms with Gasteiger partial charge in [-0.05, 0) is 55.0 Å². The van der Waals surface area contributed by atoms with Gasteiger partial charge in [-0.15, -0.1) is 0 Å². The van der Waals surface area contributed by atoms with Crippen molar-refractivity contribution in [3.63, 3.8) is 0 Å². The molecule has 5 heteroatoms. The largest absolute Gasteiger partial charge is 0.457 e. The van der Waals surface area contributed by atoms with Gasteiger partial charge in [-0.3, -0.25) is 9.59 Å². The van der Waals surface area contributed by atoms with E-state index in [1.54, 1.807) is 48.5 Å². The number of anilines is 1. The molecule has 0 atom stereocenters. The van der Waals surface area contributed by atoms with Crippen LogP contribution in [-0.4, -0.2) is 11.8 Å². The van der Waals surface area contributed by atoms with Gasteiger partial charge in [0.2, 0.25) is 11.8 Å². The molecule has 0 aliphatic rings. The molecule has 0 radical (unpaired) electrons. The highest BCUT2D eigenvalue weighted by molar-refractivity contribution is 5.92. The summed E-state index contributed by atoms with van der Waals surface area (Å²) >= 11 is 0. The number of primary amides is 1. The van der Waals surface area contributed by atoms with Crippen molar-refractivity contribution < 1.29 is 14.3 Å². The number of rotatable bonds is 6. The van der Waals surface area contributed by atoms with Gasteiger partial charge >= 0.3 is 0 Å². The van der Waals surface area contributed by atoms with Crippen molar-refractivity contribution in [3.8, 4) is 11.5 Å². The van der Waals surface area contributed by atoms with E-state index in [-0.39, 0.29) is 5.91 Å². The number of carbonyl (C=O) groups excluding carboxylic acids is 2. The number of ether oxygens (including phenoxy) is 1. The van der Waals surface area contributed by atoms with Crippen LogP contribution in [0.15, 0.2) is 48.5 Å². The monoisotopic (exact) mass is 298 g/mol. The molecule has 0 bridgehead atoms. The van der Waals surface area contributed by atoms with E-state index in [9.17, 15) is 9.59 Å². The quantitative estimate of drug-likeness (QED) is 0.858. The van der Waals surface area contributed by atoms with E-state index in [2.05, 4.69) is 5.32 Å². The predicted octanol–water partition coefficient (Wildman–Crippen LogP) is 3.32. The topological polar surface area (TPSA) is 81.4 Å². The number of amides is 2. The molecule has 3 N–H and O–H groups in total. The Bertz CT molecular complexity index is 649. The van der Waals surface area contributed by atoms with Crippen LogP contribution in [0.5, 0.6) is 11.5 Å². The Labute approximate surface area is 129 Å². The van der Waals surface area contributed by atoms with Gasteiger partial charge in [0.25, 0.3) is 0 Å². The van der Waals surface area contributed by atoms with E-state index >= 15 is 0 Å². The number of nitrogens with one attached hydrogen (secondary N) is 1. The number of carbonyl (C=O) groups is 2. The van der Waals surface area contributed by atoms with E-state index in [1.807, 2.05) is 6.92 Å². The maximum absolute atomic E-state index is 11.5. The summed E-state index contributed by atoms with van der Waals surface area (Å²) in [6.07, 6.45) is 1.32. The molecular weight excluding hydrogens is 280 g/mol. The van der Waals surface area contributed by atoms with Crippen LogP contribution in [0.4, 0.5) is 5.69 Å². The summed E-state index contributed by atoms with van der Waals surface area (Å²) in [5.41, 5.74) is 6.34. The van der Waals surface area contributed by atoms with Crippen molar-refractivity contribution in [3.05, 3.63) is 54.1 Å². The molecule has 2 aromatic carbocycles. The van der Waals surface area contributed by atoms with Crippen LogP contribution in [0, 0.1) is 0 Å². The van der Waals surface area contributed by atoms with Crippen LogP contribution >= 0.6 is 0 Å². The first-order valence-electron chi connectivity index (χ1n) is 7.06. The summed E-state index contributed by atoms with van der Waals surface area (Å²) in [7, 11) is 0. The lowest BCUT2D eigenvalue weighted by Crippen LogP contribution is -2.10. The summed E-state index contributed by atoms with van der Waals surface area (Å²) in [6.45, 7) is 1.96. The molecule has 0 heterocycles. The van der Waals surface area contributed by atoms with Crippen LogP contribution in [-0.2, 0) is 4.79 Å². The maximum Gasteiger partial charge on any atom is 0.248 e. The highest BCUT2D eigenvalue weighted by atomic mass is 16.5. The minimum absolute atomic E-state index is 0.00166. The summed E-state index contributed by atoms with van der Waals surface area (Å²) in [4.78, 5) is 22.5. The van der Waals surface area contributed by atoms with E-state index in [0.29, 0.717) is 23.5 Å². The molecule has 114 valence electrons. The van der Waals surface area contributed by atoms with Crippen molar-refractivity contribution in [1.82, 2.24) is 0 Å². The highest BCUT2D eigenvalue weighted by Gasteiger charge is 2.03. The highest BCUT2D eigenvalue weighted by Crippen LogP contribution is 2.23. The fourth-order valence-electron chi connectivity index (χ4n) is 1.88. The number of hydrogen-bond donors (Lipinski definition) is 2. The van der Waals surface area contributed by atoms with Gasteiger partial charge in [0.1, 0.15) is 11.5 Å². The average Bonchev–Trinajstić information content (AvgIpc) is 2.50. The van der Waals surface area contributed by atoms with E-state index in [1.165, 1.54) is 0 Å². The zero-order chi connectivity index (χ0) is 15.9. The lowest BCUT2D eigenvalue weighted by molar-refractivity contribution is -0.116. The first-order chi connectivity index (χ1) is 10.6. The van der Waals surface area contributed by atoms with Crippen molar-refractivity contribution in [2.75, 3.05) is 5.32 Å². The van der Waals surface area contributed by atoms with Gasteiger partial charge < -0.3 is 15.8 Å². The third-order valence-electron chi connectivity index (χ3n) is 2.99. The zero-order valence-corrected chi connectivity index (χ0v) is 12.3. The van der Waals surface area contributed by atoms with E-state index in [0.717, 1.165) is 12.1 Å². The van der Waals surface area contributed by atoms with E-state index in [4.69, 9.17) is 10.5 Å². The molecule has 0 aliphatic heterocycles. The van der Waals surface area contributed by atoms with Crippen LogP contribution < -0.4 is 15.8 Å². The molecule has 0 spiro atoms. The Balaban J connectivity index is 1.98. The molecule has 0 unspecified atom stereocenters. The van der Waals surface area contributed by atoms with Gasteiger partial charge in [0.15, 0.2) is 0 Å². The maximum atomic E-state index is 11.5. The molecule has 2 aromatic rings. The van der Waals surface area contributed by atoms with Crippen molar-refractivity contribution in [2.24, 2.45) is 5.73 Å². The Morgan fingerprint density at radius 1 is 1.00 bits per heavy atom. The van der Waals surface area contributed by atoms with Gasteiger partial charge in [0, 0.05) is 17.7 Å². The third-order valence-corrected chi connectivity index (χ3v) is 2.99. The fraction of sp³-hybridized carbons (Fsp3) is 0.176. The van der Waals surface area contributed by atoms with Gasteiger partial charge in [0.05, 0.1) is 0 Å². The van der Waals surface area contributed by atoms with Crippen LogP contribution in [0.2, 0.25) is 0 Å². The fourth-order valence-corrected chi connectivity index (χ4v) is 1.88. The number of nitrogens with two attached hydrogens (primary N) is 1. The molecule has 0 saturated carbocycles. The van der Waals surface area contributed by atoms with Gasteiger partial charge in [-0.1, -0.05) is 6.92 Å². The molecule has 0 aliphatic carbocycles. The second kappa shape index (κ2) is 7.26. The molecule has 2 amide bonds. The minimum Gasteiger partial charge on any atom is -0.457 e. The molecule has 2 rings (SSSR count). The average molecular weight is 298 g/mol. The smallest absolute Gasteiger partial charge is 0.248 e. The molecule has 5 nitrogen and oxygen atoms in total. The second-order valence-corrected chi connectivity index (χ2v) is 4.81. The first-order valence-corrected chi connectivity index (χ1v) is 7.06. The molecule has 0 saturated heterocycles. The molecule has 0 fully saturated rings. The lowest BCUT2D eigenvalue weighted by atomic mass is 10.2. The van der Waals surface area contributed by atoms with Crippen molar-refractivity contribution in [1.29, 1.82) is 0 Å². The normalized spacial score (nSPS) is 10.0. The van der Waals surface area contributed by atoms with Gasteiger partial charge in [-0.25, -0.2) is 0 Å². The zero-order valence-electron chi connectivity index (χ0n) is 12.3. The number of benzene rings is 2. The number of hydrogen-bond acceptors (Lipinski definition) is 3. The Morgan fingerprint density at radius 2 is 1.55 bits per heavy atom. The van der Waals surface area contributed by atoms with Crippen molar-refractivity contribution >= 4 is 17.5 Å². The molecule has 0 aromatic heterocycles. The summed E-state index contributed by atoms with van der Waals surface area (Å²) in [6, 6.07) is 13.7. The van der Waals surface area contributed by atoms with Gasteiger partial charge in [-0.2, -0.15) is 0 Å². The van der Waals surface area contributed by atoms with Crippen LogP contribution in [0.3, 0.4) is 0 Å². The standard InChI is InChI=1S/C17H18N2O3/c1-2-3-16(20)19-13-6-10-15(11-7-13)22-14-8-4-12(5-9-14)17(18)21/h4-11H,2-3H2,1H3,(H2,18,21)(H,19,20).